The van der Waals surface area contributed by atoms with Crippen molar-refractivity contribution in [1.29, 1.82) is 0 Å². The van der Waals surface area contributed by atoms with E-state index in [1.165, 1.54) is 6.92 Å². The van der Waals surface area contributed by atoms with Crippen LogP contribution in [0.3, 0.4) is 0 Å². The Labute approximate surface area is 121 Å². The molecule has 106 valence electrons. The summed E-state index contributed by atoms with van der Waals surface area (Å²) in [6.07, 6.45) is 0.501. The molecule has 0 amide bonds. The van der Waals surface area contributed by atoms with Crippen LogP contribution in [0, 0.1) is 0 Å². The minimum atomic E-state index is -0.228. The first-order valence-corrected chi connectivity index (χ1v) is 6.56. The number of ketones is 1. The summed E-state index contributed by atoms with van der Waals surface area (Å²) in [5.74, 6) is 1.11. The van der Waals surface area contributed by atoms with E-state index in [1.807, 2.05) is 36.4 Å². The van der Waals surface area contributed by atoms with Gasteiger partial charge in [-0.25, -0.2) is 0 Å². The summed E-state index contributed by atoms with van der Waals surface area (Å²) in [6.45, 7) is 1.40. The van der Waals surface area contributed by atoms with Gasteiger partial charge in [-0.15, -0.1) is 0 Å². The number of rotatable bonds is 4. The molecule has 3 aromatic rings. The first-order valence-electron chi connectivity index (χ1n) is 6.56. The summed E-state index contributed by atoms with van der Waals surface area (Å²) in [5, 5.41) is 6.03. The van der Waals surface area contributed by atoms with Crippen molar-refractivity contribution in [2.75, 3.05) is 7.11 Å². The maximum atomic E-state index is 11.2. The second kappa shape index (κ2) is 5.36. The average Bonchev–Trinajstić information content (AvgIpc) is 2.96. The van der Waals surface area contributed by atoms with Crippen molar-refractivity contribution >= 4 is 16.6 Å². The molecule has 0 bridgehead atoms. The summed E-state index contributed by atoms with van der Waals surface area (Å²) in [7, 11) is 1.64. The van der Waals surface area contributed by atoms with E-state index in [0.29, 0.717) is 12.2 Å². The van der Waals surface area contributed by atoms with Crippen LogP contribution in [0.1, 0.15) is 29.0 Å². The number of fused-ring (bicyclic) bond motifs is 1. The van der Waals surface area contributed by atoms with Gasteiger partial charge in [0.1, 0.15) is 5.75 Å². The van der Waals surface area contributed by atoms with Gasteiger partial charge in [-0.1, -0.05) is 29.4 Å². The van der Waals surface area contributed by atoms with E-state index in [-0.39, 0.29) is 11.7 Å². The molecule has 0 spiro atoms. The molecule has 0 aliphatic carbocycles. The average molecular weight is 282 g/mol. The Bertz CT molecular complexity index is 808. The molecule has 2 aromatic carbocycles. The van der Waals surface area contributed by atoms with Crippen molar-refractivity contribution in [1.82, 2.24) is 10.1 Å². The van der Waals surface area contributed by atoms with Crippen molar-refractivity contribution in [3.63, 3.8) is 0 Å². The fraction of sp³-hybridized carbons (Fsp3) is 0.188. The van der Waals surface area contributed by atoms with E-state index in [9.17, 15) is 4.79 Å². The third-order valence-corrected chi connectivity index (χ3v) is 3.30. The number of methoxy groups -OCH3 is 1. The Morgan fingerprint density at radius 2 is 2.14 bits per heavy atom. The lowest BCUT2D eigenvalue weighted by atomic mass is 10.0. The molecule has 0 N–H and O–H groups in total. The molecule has 0 aliphatic heterocycles. The Kier molecular flexibility index (Phi) is 3.39. The van der Waals surface area contributed by atoms with Gasteiger partial charge in [0, 0.05) is 13.3 Å². The molecule has 21 heavy (non-hydrogen) atoms. The number of hydrogen-bond donors (Lipinski definition) is 0. The van der Waals surface area contributed by atoms with Crippen LogP contribution < -0.4 is 4.74 Å². The number of carbonyl (C=O) groups excluding carboxylic acids is 1. The minimum Gasteiger partial charge on any atom is -0.497 e. The van der Waals surface area contributed by atoms with E-state index in [4.69, 9.17) is 9.26 Å². The van der Waals surface area contributed by atoms with Crippen LogP contribution in [0.2, 0.25) is 0 Å². The normalized spacial score (nSPS) is 10.8. The Morgan fingerprint density at radius 3 is 2.86 bits per heavy atom. The summed E-state index contributed by atoms with van der Waals surface area (Å²) >= 11 is 0. The highest BCUT2D eigenvalue weighted by Crippen LogP contribution is 2.25. The van der Waals surface area contributed by atoms with Crippen LogP contribution in [-0.4, -0.2) is 23.0 Å². The largest absolute Gasteiger partial charge is 0.497 e. The number of Topliss-reactive ketones (excluding diaryl/α,β-unsaturated/α-hetero) is 1. The molecule has 0 aliphatic rings. The molecule has 5 nitrogen and oxygen atoms in total. The molecular weight excluding hydrogens is 268 g/mol. The SMILES string of the molecule is COc1ccc2cccc(Cc3noc(C(C)=O)n3)c2c1. The number of hydrogen-bond acceptors (Lipinski definition) is 5. The van der Waals surface area contributed by atoms with Crippen LogP contribution >= 0.6 is 0 Å². The number of aromatic nitrogens is 2. The Balaban J connectivity index is 2.00. The molecule has 5 heteroatoms. The van der Waals surface area contributed by atoms with Crippen LogP contribution in [-0.2, 0) is 6.42 Å². The van der Waals surface area contributed by atoms with Crippen molar-refractivity contribution < 1.29 is 14.1 Å². The fourth-order valence-electron chi connectivity index (χ4n) is 2.24. The highest BCUT2D eigenvalue weighted by molar-refractivity contribution is 5.89. The van der Waals surface area contributed by atoms with Crippen LogP contribution in [0.5, 0.6) is 5.75 Å². The zero-order valence-electron chi connectivity index (χ0n) is 11.8. The van der Waals surface area contributed by atoms with Crippen molar-refractivity contribution in [3.8, 4) is 5.75 Å². The summed E-state index contributed by atoms with van der Waals surface area (Å²) in [6, 6.07) is 11.9. The van der Waals surface area contributed by atoms with Crippen molar-refractivity contribution in [3.05, 3.63) is 53.7 Å². The van der Waals surface area contributed by atoms with Gasteiger partial charge < -0.3 is 9.26 Å². The maximum Gasteiger partial charge on any atom is 0.293 e. The van der Waals surface area contributed by atoms with Gasteiger partial charge in [-0.2, -0.15) is 4.98 Å². The van der Waals surface area contributed by atoms with Gasteiger partial charge in [0.25, 0.3) is 5.89 Å². The van der Waals surface area contributed by atoms with E-state index in [0.717, 1.165) is 22.1 Å². The molecule has 0 saturated heterocycles. The lowest BCUT2D eigenvalue weighted by molar-refractivity contribution is 0.0972. The summed E-state index contributed by atoms with van der Waals surface area (Å²) in [4.78, 5) is 15.3. The predicted octanol–water partition coefficient (Wildman–Crippen LogP) is 3.02. The van der Waals surface area contributed by atoms with E-state index >= 15 is 0 Å². The Morgan fingerprint density at radius 1 is 1.29 bits per heavy atom. The number of nitrogens with zero attached hydrogens (tertiary/aromatic N) is 2. The monoisotopic (exact) mass is 282 g/mol. The van der Waals surface area contributed by atoms with E-state index in [2.05, 4.69) is 10.1 Å². The van der Waals surface area contributed by atoms with Crippen LogP contribution in [0.15, 0.2) is 40.9 Å². The van der Waals surface area contributed by atoms with Gasteiger partial charge in [-0.05, 0) is 28.5 Å². The molecule has 0 atom stereocenters. The molecule has 0 fully saturated rings. The number of ether oxygens (including phenoxy) is 1. The van der Waals surface area contributed by atoms with Gasteiger partial charge in [-0.3, -0.25) is 4.79 Å². The molecule has 1 heterocycles. The van der Waals surface area contributed by atoms with Crippen molar-refractivity contribution in [2.45, 2.75) is 13.3 Å². The van der Waals surface area contributed by atoms with Crippen LogP contribution in [0.25, 0.3) is 10.8 Å². The smallest absolute Gasteiger partial charge is 0.293 e. The molecular formula is C16H14N2O3. The molecule has 0 radical (unpaired) electrons. The zero-order valence-corrected chi connectivity index (χ0v) is 11.8. The summed E-state index contributed by atoms with van der Waals surface area (Å²) < 4.78 is 10.2. The number of carbonyl (C=O) groups is 1. The van der Waals surface area contributed by atoms with Gasteiger partial charge in [0.15, 0.2) is 5.82 Å². The highest BCUT2D eigenvalue weighted by Gasteiger charge is 2.12. The lowest BCUT2D eigenvalue weighted by Gasteiger charge is -2.06. The zero-order chi connectivity index (χ0) is 14.8. The highest BCUT2D eigenvalue weighted by atomic mass is 16.5. The van der Waals surface area contributed by atoms with E-state index < -0.39 is 0 Å². The number of benzene rings is 2. The quantitative estimate of drug-likeness (QED) is 0.688. The minimum absolute atomic E-state index is 0.0443. The molecule has 0 unspecified atom stereocenters. The third-order valence-electron chi connectivity index (χ3n) is 3.30. The Hall–Kier alpha value is -2.69. The molecule has 3 rings (SSSR count). The van der Waals surface area contributed by atoms with Crippen LogP contribution in [0.4, 0.5) is 0 Å². The molecule has 0 saturated carbocycles. The van der Waals surface area contributed by atoms with Gasteiger partial charge in [0.05, 0.1) is 7.11 Å². The third kappa shape index (κ3) is 2.63. The second-order valence-corrected chi connectivity index (χ2v) is 4.75. The topological polar surface area (TPSA) is 65.2 Å². The maximum absolute atomic E-state index is 11.2. The standard InChI is InChI=1S/C16H14N2O3/c1-10(19)16-17-15(18-21-16)8-12-5-3-4-11-6-7-13(20-2)9-14(11)12/h3-7,9H,8H2,1-2H3. The van der Waals surface area contributed by atoms with Gasteiger partial charge in [0.2, 0.25) is 5.78 Å². The lowest BCUT2D eigenvalue weighted by Crippen LogP contribution is -1.95. The first kappa shape index (κ1) is 13.3. The second-order valence-electron chi connectivity index (χ2n) is 4.75. The fourth-order valence-corrected chi connectivity index (χ4v) is 2.24. The van der Waals surface area contributed by atoms with Crippen molar-refractivity contribution in [2.24, 2.45) is 0 Å². The summed E-state index contributed by atoms with van der Waals surface area (Å²) in [5.41, 5.74) is 1.06. The molecule has 1 aromatic heterocycles. The van der Waals surface area contributed by atoms with E-state index in [1.54, 1.807) is 7.11 Å². The first-order chi connectivity index (χ1) is 10.2. The van der Waals surface area contributed by atoms with Gasteiger partial charge >= 0.3 is 0 Å². The predicted molar refractivity (Wildman–Crippen MR) is 77.6 cm³/mol.